The lowest BCUT2D eigenvalue weighted by atomic mass is 10.1. The van der Waals surface area contributed by atoms with Gasteiger partial charge in [-0.25, -0.2) is 4.68 Å². The van der Waals surface area contributed by atoms with E-state index in [1.54, 1.807) is 7.11 Å². The van der Waals surface area contributed by atoms with Crippen LogP contribution in [0.1, 0.15) is 16.8 Å². The number of fused-ring (bicyclic) bond motifs is 1. The minimum atomic E-state index is 0.897. The number of aromatic nitrogens is 2. The van der Waals surface area contributed by atoms with E-state index in [4.69, 9.17) is 9.84 Å². The maximum Gasteiger partial charge on any atom is 0.133 e. The molecule has 0 aliphatic carbocycles. The van der Waals surface area contributed by atoms with Gasteiger partial charge in [-0.05, 0) is 61.2 Å². The molecule has 1 aromatic heterocycles. The summed E-state index contributed by atoms with van der Waals surface area (Å²) in [6.45, 7) is 0.985. The van der Waals surface area contributed by atoms with Crippen LogP contribution >= 0.6 is 15.9 Å². The minimum Gasteiger partial charge on any atom is -0.497 e. The normalized spacial score (nSPS) is 12.7. The molecule has 0 saturated carbocycles. The van der Waals surface area contributed by atoms with Crippen molar-refractivity contribution in [3.63, 3.8) is 0 Å². The topological polar surface area (TPSA) is 39.1 Å². The SMILES string of the molecule is COc1ccc(CCc2nn(-c3ccc(Br)cc3)c3c2CCN3)cc1. The lowest BCUT2D eigenvalue weighted by Gasteiger charge is -2.06. The van der Waals surface area contributed by atoms with Crippen LogP contribution in [-0.4, -0.2) is 23.4 Å². The van der Waals surface area contributed by atoms with Crippen molar-refractivity contribution < 1.29 is 4.74 Å². The first-order valence-electron chi connectivity index (χ1n) is 8.48. The van der Waals surface area contributed by atoms with Gasteiger partial charge >= 0.3 is 0 Å². The standard InChI is InChI=1S/C20H20BrN3O/c1-25-17-9-2-14(3-10-17)4-11-19-18-12-13-22-20(18)24(23-19)16-7-5-15(21)6-8-16/h2-3,5-10,22H,4,11-13H2,1H3. The zero-order chi connectivity index (χ0) is 17.2. The molecule has 0 fully saturated rings. The molecule has 1 aliphatic rings. The van der Waals surface area contributed by atoms with Crippen LogP contribution in [0.2, 0.25) is 0 Å². The molecule has 0 saturated heterocycles. The number of methoxy groups -OCH3 is 1. The van der Waals surface area contributed by atoms with Crippen LogP contribution < -0.4 is 10.1 Å². The van der Waals surface area contributed by atoms with Crippen molar-refractivity contribution in [2.75, 3.05) is 19.0 Å². The Hall–Kier alpha value is -2.27. The zero-order valence-electron chi connectivity index (χ0n) is 14.1. The van der Waals surface area contributed by atoms with E-state index in [1.807, 2.05) is 16.8 Å². The average molecular weight is 398 g/mol. The predicted molar refractivity (Wildman–Crippen MR) is 104 cm³/mol. The van der Waals surface area contributed by atoms with Gasteiger partial charge in [-0.15, -0.1) is 0 Å². The molecule has 0 atom stereocenters. The van der Waals surface area contributed by atoms with Gasteiger partial charge in [-0.3, -0.25) is 0 Å². The van der Waals surface area contributed by atoms with Gasteiger partial charge < -0.3 is 10.1 Å². The number of nitrogens with zero attached hydrogens (tertiary/aromatic N) is 2. The number of hydrogen-bond acceptors (Lipinski definition) is 3. The highest BCUT2D eigenvalue weighted by molar-refractivity contribution is 9.10. The summed E-state index contributed by atoms with van der Waals surface area (Å²) in [5.41, 5.74) is 4.94. The van der Waals surface area contributed by atoms with Gasteiger partial charge in [0.15, 0.2) is 0 Å². The second-order valence-electron chi connectivity index (χ2n) is 6.19. The summed E-state index contributed by atoms with van der Waals surface area (Å²) in [6.07, 6.45) is 2.97. The third-order valence-electron chi connectivity index (χ3n) is 4.61. The highest BCUT2D eigenvalue weighted by Crippen LogP contribution is 2.30. The Balaban J connectivity index is 1.57. The van der Waals surface area contributed by atoms with Crippen LogP contribution in [0.3, 0.4) is 0 Å². The maximum absolute atomic E-state index is 5.23. The van der Waals surface area contributed by atoms with Crippen LogP contribution in [0.15, 0.2) is 53.0 Å². The number of ether oxygens (including phenoxy) is 1. The van der Waals surface area contributed by atoms with Gasteiger partial charge in [-0.2, -0.15) is 5.10 Å². The summed E-state index contributed by atoms with van der Waals surface area (Å²) < 4.78 is 8.34. The fourth-order valence-electron chi connectivity index (χ4n) is 3.27. The first-order chi connectivity index (χ1) is 12.2. The molecule has 0 spiro atoms. The molecule has 0 unspecified atom stereocenters. The number of benzene rings is 2. The van der Waals surface area contributed by atoms with Crippen molar-refractivity contribution in [3.8, 4) is 11.4 Å². The molecule has 25 heavy (non-hydrogen) atoms. The molecule has 5 heteroatoms. The Morgan fingerprint density at radius 3 is 2.56 bits per heavy atom. The molecule has 4 rings (SSSR count). The van der Waals surface area contributed by atoms with Crippen molar-refractivity contribution in [2.24, 2.45) is 0 Å². The van der Waals surface area contributed by atoms with Crippen molar-refractivity contribution >= 4 is 21.7 Å². The van der Waals surface area contributed by atoms with Gasteiger partial charge in [-0.1, -0.05) is 28.1 Å². The largest absolute Gasteiger partial charge is 0.497 e. The molecule has 0 bridgehead atoms. The first kappa shape index (κ1) is 16.2. The number of anilines is 1. The maximum atomic E-state index is 5.23. The van der Waals surface area contributed by atoms with Crippen molar-refractivity contribution in [1.82, 2.24) is 9.78 Å². The monoisotopic (exact) mass is 397 g/mol. The quantitative estimate of drug-likeness (QED) is 0.693. The van der Waals surface area contributed by atoms with Gasteiger partial charge in [0.05, 0.1) is 18.5 Å². The molecule has 2 aromatic carbocycles. The smallest absolute Gasteiger partial charge is 0.133 e. The Kier molecular flexibility index (Phi) is 4.49. The van der Waals surface area contributed by atoms with E-state index in [-0.39, 0.29) is 0 Å². The third-order valence-corrected chi connectivity index (χ3v) is 5.14. The zero-order valence-corrected chi connectivity index (χ0v) is 15.7. The summed E-state index contributed by atoms with van der Waals surface area (Å²) in [5.74, 6) is 2.04. The van der Waals surface area contributed by atoms with E-state index in [0.717, 1.165) is 47.5 Å². The van der Waals surface area contributed by atoms with Crippen LogP contribution in [0, 0.1) is 0 Å². The average Bonchev–Trinajstić information content (AvgIpc) is 3.24. The minimum absolute atomic E-state index is 0.897. The third kappa shape index (κ3) is 3.29. The second kappa shape index (κ2) is 6.92. The van der Waals surface area contributed by atoms with E-state index >= 15 is 0 Å². The van der Waals surface area contributed by atoms with Crippen LogP contribution in [-0.2, 0) is 19.3 Å². The second-order valence-corrected chi connectivity index (χ2v) is 7.10. The summed E-state index contributed by atoms with van der Waals surface area (Å²) >= 11 is 3.49. The highest BCUT2D eigenvalue weighted by atomic mass is 79.9. The van der Waals surface area contributed by atoms with Crippen LogP contribution in [0.25, 0.3) is 5.69 Å². The van der Waals surface area contributed by atoms with E-state index in [0.29, 0.717) is 0 Å². The molecule has 3 aromatic rings. The van der Waals surface area contributed by atoms with E-state index in [2.05, 4.69) is 57.6 Å². The molecule has 2 heterocycles. The first-order valence-corrected chi connectivity index (χ1v) is 9.27. The van der Waals surface area contributed by atoms with Crippen molar-refractivity contribution in [3.05, 3.63) is 69.8 Å². The summed E-state index contributed by atoms with van der Waals surface area (Å²) in [5, 5.41) is 8.38. The van der Waals surface area contributed by atoms with Crippen molar-refractivity contribution in [1.29, 1.82) is 0 Å². The molecule has 4 nitrogen and oxygen atoms in total. The lowest BCUT2D eigenvalue weighted by molar-refractivity contribution is 0.414. The number of aryl methyl sites for hydroxylation is 2. The summed E-state index contributed by atoms with van der Waals surface area (Å²) in [4.78, 5) is 0. The molecule has 1 aliphatic heterocycles. The van der Waals surface area contributed by atoms with Gasteiger partial charge in [0, 0.05) is 16.6 Å². The number of rotatable bonds is 5. The van der Waals surface area contributed by atoms with Crippen molar-refractivity contribution in [2.45, 2.75) is 19.3 Å². The predicted octanol–water partition coefficient (Wildman–Crippen LogP) is 4.40. The fraction of sp³-hybridized carbons (Fsp3) is 0.250. The van der Waals surface area contributed by atoms with E-state index in [9.17, 15) is 0 Å². The molecule has 1 N–H and O–H groups in total. The Morgan fingerprint density at radius 2 is 1.84 bits per heavy atom. The molecular formula is C20H20BrN3O. The number of hydrogen-bond donors (Lipinski definition) is 1. The van der Waals surface area contributed by atoms with Gasteiger partial charge in [0.25, 0.3) is 0 Å². The molecule has 0 amide bonds. The molecule has 0 radical (unpaired) electrons. The Morgan fingerprint density at radius 1 is 1.08 bits per heavy atom. The van der Waals surface area contributed by atoms with Gasteiger partial charge in [0.2, 0.25) is 0 Å². The Bertz CT molecular complexity index is 869. The summed E-state index contributed by atoms with van der Waals surface area (Å²) in [7, 11) is 1.69. The number of nitrogens with one attached hydrogen (secondary N) is 1. The van der Waals surface area contributed by atoms with E-state index < -0.39 is 0 Å². The van der Waals surface area contributed by atoms with Crippen LogP contribution in [0.5, 0.6) is 5.75 Å². The van der Waals surface area contributed by atoms with Gasteiger partial charge in [0.1, 0.15) is 11.6 Å². The lowest BCUT2D eigenvalue weighted by Crippen LogP contribution is -2.05. The highest BCUT2D eigenvalue weighted by Gasteiger charge is 2.22. The summed E-state index contributed by atoms with van der Waals surface area (Å²) in [6, 6.07) is 16.6. The Labute approximate surface area is 156 Å². The molecule has 128 valence electrons. The number of halogens is 1. The van der Waals surface area contributed by atoms with E-state index in [1.165, 1.54) is 16.8 Å². The fourth-order valence-corrected chi connectivity index (χ4v) is 3.54. The van der Waals surface area contributed by atoms with Crippen LogP contribution in [0.4, 0.5) is 5.82 Å². The molecular weight excluding hydrogens is 378 g/mol.